The highest BCUT2D eigenvalue weighted by Crippen LogP contribution is 2.22. The van der Waals surface area contributed by atoms with Gasteiger partial charge in [-0.05, 0) is 17.7 Å². The topological polar surface area (TPSA) is 80.9 Å². The quantitative estimate of drug-likeness (QED) is 0.827. The Kier molecular flexibility index (Phi) is 5.00. The maximum atomic E-state index is 11.6. The van der Waals surface area contributed by atoms with Gasteiger partial charge in [0.15, 0.2) is 4.34 Å². The summed E-state index contributed by atoms with van der Waals surface area (Å²) < 4.78 is 0.694. The highest BCUT2D eigenvalue weighted by atomic mass is 35.5. The molecule has 0 aliphatic carbocycles. The molecule has 19 heavy (non-hydrogen) atoms. The van der Waals surface area contributed by atoms with Gasteiger partial charge >= 0.3 is 0 Å². The van der Waals surface area contributed by atoms with Crippen molar-refractivity contribution < 1.29 is 4.79 Å². The molecule has 1 heterocycles. The van der Waals surface area contributed by atoms with Crippen molar-refractivity contribution in [3.63, 3.8) is 0 Å². The highest BCUT2D eigenvalue weighted by Gasteiger charge is 2.06. The van der Waals surface area contributed by atoms with Crippen LogP contribution in [0.3, 0.4) is 0 Å². The molecule has 0 spiro atoms. The number of carbonyl (C=O) groups excluding carboxylic acids is 1. The number of halogens is 1. The molecule has 100 valence electrons. The molecule has 2 aromatic rings. The Morgan fingerprint density at radius 3 is 2.74 bits per heavy atom. The number of hydrogen-bond donors (Lipinski definition) is 2. The predicted molar refractivity (Wildman–Crippen MR) is 78.3 cm³/mol. The Labute approximate surface area is 123 Å². The molecular weight excluding hydrogens is 304 g/mol. The maximum absolute atomic E-state index is 11.6. The highest BCUT2D eigenvalue weighted by molar-refractivity contribution is 8.01. The van der Waals surface area contributed by atoms with E-state index in [1.54, 1.807) is 12.1 Å². The minimum atomic E-state index is -0.0614. The zero-order valence-corrected chi connectivity index (χ0v) is 12.2. The van der Waals surface area contributed by atoms with Gasteiger partial charge < -0.3 is 11.1 Å². The van der Waals surface area contributed by atoms with Gasteiger partial charge in [0, 0.05) is 11.6 Å². The lowest BCUT2D eigenvalue weighted by atomic mass is 10.2. The normalized spacial score (nSPS) is 10.4. The van der Waals surface area contributed by atoms with Crippen LogP contribution in [0.15, 0.2) is 28.6 Å². The lowest BCUT2D eigenvalue weighted by Crippen LogP contribution is -2.24. The molecule has 0 saturated heterocycles. The zero-order chi connectivity index (χ0) is 13.7. The first-order valence-corrected chi connectivity index (χ1v) is 7.54. The molecule has 2 rings (SSSR count). The lowest BCUT2D eigenvalue weighted by Gasteiger charge is -2.04. The van der Waals surface area contributed by atoms with Crippen LogP contribution in [-0.2, 0) is 11.3 Å². The molecule has 0 bridgehead atoms. The van der Waals surface area contributed by atoms with E-state index in [2.05, 4.69) is 15.5 Å². The molecule has 0 aliphatic heterocycles. The van der Waals surface area contributed by atoms with E-state index < -0.39 is 0 Å². The van der Waals surface area contributed by atoms with Crippen LogP contribution in [0, 0.1) is 0 Å². The second kappa shape index (κ2) is 6.74. The van der Waals surface area contributed by atoms with Crippen LogP contribution in [0.1, 0.15) is 5.56 Å². The fraction of sp³-hybridized carbons (Fsp3) is 0.182. The molecule has 1 aromatic carbocycles. The predicted octanol–water partition coefficient (Wildman–Crippen LogP) is 2.18. The van der Waals surface area contributed by atoms with Crippen molar-refractivity contribution in [2.75, 3.05) is 11.5 Å². The van der Waals surface area contributed by atoms with Crippen molar-refractivity contribution in [1.82, 2.24) is 15.5 Å². The van der Waals surface area contributed by atoms with Crippen molar-refractivity contribution in [2.45, 2.75) is 10.9 Å². The Balaban J connectivity index is 1.74. The van der Waals surface area contributed by atoms with Gasteiger partial charge in [0.1, 0.15) is 0 Å². The van der Waals surface area contributed by atoms with E-state index in [0.717, 1.165) is 5.56 Å². The summed E-state index contributed by atoms with van der Waals surface area (Å²) in [6, 6.07) is 7.34. The molecule has 0 saturated carbocycles. The molecule has 0 atom stereocenters. The van der Waals surface area contributed by atoms with Crippen LogP contribution in [0.5, 0.6) is 0 Å². The van der Waals surface area contributed by atoms with Crippen LogP contribution >= 0.6 is 34.7 Å². The summed E-state index contributed by atoms with van der Waals surface area (Å²) in [7, 11) is 0. The van der Waals surface area contributed by atoms with Crippen molar-refractivity contribution in [1.29, 1.82) is 0 Å². The fourth-order valence-corrected chi connectivity index (χ4v) is 2.85. The van der Waals surface area contributed by atoms with Gasteiger partial charge in [-0.3, -0.25) is 4.79 Å². The summed E-state index contributed by atoms with van der Waals surface area (Å²) in [6.45, 7) is 0.481. The average Bonchev–Trinajstić information content (AvgIpc) is 2.81. The number of thioether (sulfide) groups is 1. The van der Waals surface area contributed by atoms with E-state index in [-0.39, 0.29) is 5.91 Å². The number of nitrogens with one attached hydrogen (secondary N) is 1. The van der Waals surface area contributed by atoms with Crippen molar-refractivity contribution in [3.05, 3.63) is 34.9 Å². The minimum Gasteiger partial charge on any atom is -0.374 e. The first-order valence-electron chi connectivity index (χ1n) is 5.36. The smallest absolute Gasteiger partial charge is 0.230 e. The first kappa shape index (κ1) is 14.1. The number of anilines is 1. The van der Waals surface area contributed by atoms with Crippen LogP contribution in [0.25, 0.3) is 0 Å². The molecule has 3 N–H and O–H groups in total. The second-order valence-corrected chi connectivity index (χ2v) is 6.27. The largest absolute Gasteiger partial charge is 0.374 e. The average molecular weight is 315 g/mol. The number of rotatable bonds is 5. The number of nitrogens with two attached hydrogens (primary N) is 1. The van der Waals surface area contributed by atoms with Crippen LogP contribution in [-0.4, -0.2) is 21.9 Å². The molecule has 5 nitrogen and oxygen atoms in total. The molecule has 1 aromatic heterocycles. The van der Waals surface area contributed by atoms with Crippen LogP contribution in [0.4, 0.5) is 5.13 Å². The second-order valence-electron chi connectivity index (χ2n) is 3.60. The number of hydrogen-bond acceptors (Lipinski definition) is 6. The standard InChI is InChI=1S/C11H11ClN4OS2/c12-8-3-1-7(2-4-8)5-14-9(17)6-18-11-16-15-10(13)19-11/h1-4H,5-6H2,(H2,13,15)(H,14,17). The van der Waals surface area contributed by atoms with Gasteiger partial charge in [-0.2, -0.15) is 0 Å². The number of nitrogen functional groups attached to an aromatic ring is 1. The van der Waals surface area contributed by atoms with Gasteiger partial charge in [-0.25, -0.2) is 0 Å². The number of nitrogens with zero attached hydrogens (tertiary/aromatic N) is 2. The third-order valence-corrected chi connectivity index (χ3v) is 4.29. The molecule has 0 aliphatic rings. The summed E-state index contributed by atoms with van der Waals surface area (Å²) in [4.78, 5) is 11.6. The van der Waals surface area contributed by atoms with E-state index in [9.17, 15) is 4.79 Å². The van der Waals surface area contributed by atoms with Crippen molar-refractivity contribution in [3.8, 4) is 0 Å². The minimum absolute atomic E-state index is 0.0614. The van der Waals surface area contributed by atoms with Crippen LogP contribution in [0.2, 0.25) is 5.02 Å². The van der Waals surface area contributed by atoms with Gasteiger partial charge in [0.25, 0.3) is 0 Å². The number of benzene rings is 1. The summed E-state index contributed by atoms with van der Waals surface area (Å²) in [5.41, 5.74) is 6.45. The Bertz CT molecular complexity index is 558. The van der Waals surface area contributed by atoms with E-state index in [4.69, 9.17) is 17.3 Å². The summed E-state index contributed by atoms with van der Waals surface area (Å²) in [5.74, 6) is 0.233. The Morgan fingerprint density at radius 2 is 2.11 bits per heavy atom. The molecule has 1 amide bonds. The number of aromatic nitrogens is 2. The van der Waals surface area contributed by atoms with E-state index in [0.29, 0.717) is 26.8 Å². The third-order valence-electron chi connectivity index (χ3n) is 2.15. The zero-order valence-electron chi connectivity index (χ0n) is 9.80. The van der Waals surface area contributed by atoms with Crippen molar-refractivity contribution in [2.24, 2.45) is 0 Å². The SMILES string of the molecule is Nc1nnc(SCC(=O)NCc2ccc(Cl)cc2)s1. The summed E-state index contributed by atoms with van der Waals surface area (Å²) in [5, 5.41) is 11.4. The molecular formula is C11H11ClN4OS2. The molecule has 0 radical (unpaired) electrons. The van der Waals surface area contributed by atoms with Crippen molar-refractivity contribution >= 4 is 45.7 Å². The number of carbonyl (C=O) groups is 1. The summed E-state index contributed by atoms with van der Waals surface area (Å²) in [6.07, 6.45) is 0. The third kappa shape index (κ3) is 4.70. The Morgan fingerprint density at radius 1 is 1.37 bits per heavy atom. The van der Waals surface area contributed by atoms with E-state index in [1.807, 2.05) is 12.1 Å². The summed E-state index contributed by atoms with van der Waals surface area (Å²) >= 11 is 8.37. The van der Waals surface area contributed by atoms with E-state index >= 15 is 0 Å². The van der Waals surface area contributed by atoms with Gasteiger partial charge in [0.2, 0.25) is 11.0 Å². The molecule has 0 unspecified atom stereocenters. The maximum Gasteiger partial charge on any atom is 0.230 e. The number of amides is 1. The van der Waals surface area contributed by atoms with Crippen LogP contribution < -0.4 is 11.1 Å². The van der Waals surface area contributed by atoms with Gasteiger partial charge in [-0.15, -0.1) is 10.2 Å². The molecule has 8 heteroatoms. The Hall–Kier alpha value is -1.31. The fourth-order valence-electron chi connectivity index (χ4n) is 1.26. The van der Waals surface area contributed by atoms with E-state index in [1.165, 1.54) is 23.1 Å². The lowest BCUT2D eigenvalue weighted by molar-refractivity contribution is -0.118. The first-order chi connectivity index (χ1) is 9.13. The van der Waals surface area contributed by atoms with Gasteiger partial charge in [0.05, 0.1) is 5.75 Å². The molecule has 0 fully saturated rings. The van der Waals surface area contributed by atoms with Gasteiger partial charge in [-0.1, -0.05) is 46.8 Å². The monoisotopic (exact) mass is 314 g/mol.